The zero-order valence-electron chi connectivity index (χ0n) is 16.3. The summed E-state index contributed by atoms with van der Waals surface area (Å²) in [5.74, 6) is 0.684. The highest BCUT2D eigenvalue weighted by Gasteiger charge is 2.47. The van der Waals surface area contributed by atoms with E-state index in [4.69, 9.17) is 14.2 Å². The Morgan fingerprint density at radius 3 is 2.69 bits per heavy atom. The van der Waals surface area contributed by atoms with E-state index in [1.807, 2.05) is 0 Å². The number of ether oxygens (including phenoxy) is 3. The molecule has 4 rings (SSSR count). The molecule has 158 valence electrons. The van der Waals surface area contributed by atoms with E-state index < -0.39 is 29.6 Å². The van der Waals surface area contributed by atoms with Crippen molar-refractivity contribution in [1.29, 1.82) is 0 Å². The molecule has 29 heavy (non-hydrogen) atoms. The van der Waals surface area contributed by atoms with Crippen LogP contribution in [0, 0.1) is 10.1 Å². The van der Waals surface area contributed by atoms with Crippen LogP contribution in [0.4, 0.5) is 5.82 Å². The van der Waals surface area contributed by atoms with E-state index >= 15 is 0 Å². The lowest BCUT2D eigenvalue weighted by Gasteiger charge is -2.22. The van der Waals surface area contributed by atoms with Crippen molar-refractivity contribution in [3.8, 4) is 0 Å². The van der Waals surface area contributed by atoms with E-state index in [1.54, 1.807) is 10.9 Å². The molecule has 0 radical (unpaired) electrons. The third-order valence-corrected chi connectivity index (χ3v) is 5.50. The summed E-state index contributed by atoms with van der Waals surface area (Å²) < 4.78 is 18.8. The number of nitrogens with zero attached hydrogens (tertiary/aromatic N) is 5. The van der Waals surface area contributed by atoms with Gasteiger partial charge in [0.15, 0.2) is 23.2 Å². The summed E-state index contributed by atoms with van der Waals surface area (Å²) >= 11 is 0. The predicted molar refractivity (Wildman–Crippen MR) is 99.7 cm³/mol. The zero-order valence-corrected chi connectivity index (χ0v) is 16.3. The van der Waals surface area contributed by atoms with Crippen molar-refractivity contribution in [1.82, 2.24) is 19.5 Å². The summed E-state index contributed by atoms with van der Waals surface area (Å²) in [5, 5.41) is 13.2. The molecule has 1 aliphatic carbocycles. The Hall–Kier alpha value is -2.57. The van der Waals surface area contributed by atoms with Crippen molar-refractivity contribution in [3.05, 3.63) is 22.8 Å². The van der Waals surface area contributed by atoms with Gasteiger partial charge in [-0.15, -0.1) is 10.1 Å². The molecule has 4 atom stereocenters. The number of methoxy groups -OCH3 is 2. The second-order valence-corrected chi connectivity index (χ2v) is 7.16. The summed E-state index contributed by atoms with van der Waals surface area (Å²) in [6, 6.07) is 0.384. The summed E-state index contributed by atoms with van der Waals surface area (Å²) in [4.78, 5) is 28.3. The Balaban J connectivity index is 1.61. The molecule has 12 heteroatoms. The summed E-state index contributed by atoms with van der Waals surface area (Å²) in [6.07, 6.45) is 5.32. The summed E-state index contributed by atoms with van der Waals surface area (Å²) in [5.41, 5.74) is 1.22. The molecule has 2 aromatic rings. The Morgan fingerprint density at radius 2 is 2.00 bits per heavy atom. The second-order valence-electron chi connectivity index (χ2n) is 7.16. The first-order chi connectivity index (χ1) is 14.1. The van der Waals surface area contributed by atoms with Crippen molar-refractivity contribution in [2.45, 2.75) is 56.3 Å². The van der Waals surface area contributed by atoms with Gasteiger partial charge >= 0.3 is 0 Å². The van der Waals surface area contributed by atoms with Gasteiger partial charge in [-0.25, -0.2) is 15.0 Å². The molecule has 0 unspecified atom stereocenters. The Kier molecular flexibility index (Phi) is 5.74. The fourth-order valence-electron chi connectivity index (χ4n) is 4.14. The van der Waals surface area contributed by atoms with Gasteiger partial charge in [0.2, 0.25) is 0 Å². The van der Waals surface area contributed by atoms with Crippen LogP contribution in [0.2, 0.25) is 0 Å². The predicted octanol–water partition coefficient (Wildman–Crippen LogP) is 1.32. The van der Waals surface area contributed by atoms with Crippen LogP contribution in [0.1, 0.15) is 31.9 Å². The molecule has 1 N–H and O–H groups in total. The van der Waals surface area contributed by atoms with E-state index in [-0.39, 0.29) is 6.61 Å². The highest BCUT2D eigenvalue weighted by molar-refractivity contribution is 5.82. The van der Waals surface area contributed by atoms with Crippen molar-refractivity contribution >= 4 is 17.0 Å². The molecule has 2 aromatic heterocycles. The zero-order chi connectivity index (χ0) is 20.4. The fraction of sp³-hybridized carbons (Fsp3) is 0.706. The van der Waals surface area contributed by atoms with Crippen LogP contribution in [-0.2, 0) is 19.0 Å². The number of rotatable bonds is 8. The number of hydrogen-bond acceptors (Lipinski definition) is 10. The minimum Gasteiger partial charge on any atom is -0.376 e. The Bertz CT molecular complexity index is 856. The first kappa shape index (κ1) is 19.7. The summed E-state index contributed by atoms with van der Waals surface area (Å²) in [6.45, 7) is -0.266. The lowest BCUT2D eigenvalue weighted by atomic mass is 10.1. The van der Waals surface area contributed by atoms with Gasteiger partial charge in [-0.1, -0.05) is 12.8 Å². The van der Waals surface area contributed by atoms with Crippen molar-refractivity contribution in [3.63, 3.8) is 0 Å². The number of aromatic nitrogens is 4. The molecule has 1 aliphatic heterocycles. The Labute approximate surface area is 166 Å². The van der Waals surface area contributed by atoms with Crippen LogP contribution in [-0.4, -0.2) is 69.8 Å². The maximum Gasteiger partial charge on any atom is 0.294 e. The van der Waals surface area contributed by atoms with Crippen LogP contribution in [0.3, 0.4) is 0 Å². The topological polar surface area (TPSA) is 136 Å². The average Bonchev–Trinajstić information content (AvgIpc) is 3.44. The fourth-order valence-corrected chi connectivity index (χ4v) is 4.14. The van der Waals surface area contributed by atoms with Crippen molar-refractivity contribution in [2.75, 3.05) is 26.1 Å². The highest BCUT2D eigenvalue weighted by Crippen LogP contribution is 2.35. The molecule has 1 saturated carbocycles. The van der Waals surface area contributed by atoms with E-state index in [0.29, 0.717) is 23.0 Å². The number of fused-ring (bicyclic) bond motifs is 1. The smallest absolute Gasteiger partial charge is 0.294 e. The SMILES string of the molecule is CO[C@@H]1[C@H](OC)[C@@H](CO[N+](=O)[O-])O[C@H]1n1cnc2c(NC3CCCC3)ncnc21. The minimum absolute atomic E-state index is 0.266. The first-order valence-electron chi connectivity index (χ1n) is 9.54. The van der Waals surface area contributed by atoms with Crippen LogP contribution in [0.5, 0.6) is 0 Å². The van der Waals surface area contributed by atoms with Gasteiger partial charge in [-0.3, -0.25) is 4.57 Å². The van der Waals surface area contributed by atoms with E-state index in [1.165, 1.54) is 33.4 Å². The monoisotopic (exact) mass is 408 g/mol. The van der Waals surface area contributed by atoms with E-state index in [0.717, 1.165) is 12.8 Å². The van der Waals surface area contributed by atoms with Crippen LogP contribution >= 0.6 is 0 Å². The second kappa shape index (κ2) is 8.43. The van der Waals surface area contributed by atoms with Crippen LogP contribution in [0.15, 0.2) is 12.7 Å². The minimum atomic E-state index is -0.855. The first-order valence-corrected chi connectivity index (χ1v) is 9.54. The lowest BCUT2D eigenvalue weighted by Crippen LogP contribution is -2.37. The van der Waals surface area contributed by atoms with Crippen molar-refractivity contribution < 1.29 is 24.1 Å². The third kappa shape index (κ3) is 3.82. The van der Waals surface area contributed by atoms with E-state index in [2.05, 4.69) is 25.1 Å². The highest BCUT2D eigenvalue weighted by atomic mass is 17.0. The molecule has 0 spiro atoms. The molecule has 2 fully saturated rings. The maximum atomic E-state index is 10.6. The van der Waals surface area contributed by atoms with E-state index in [9.17, 15) is 10.1 Å². The van der Waals surface area contributed by atoms with Crippen LogP contribution in [0.25, 0.3) is 11.2 Å². The van der Waals surface area contributed by atoms with Gasteiger partial charge < -0.3 is 24.4 Å². The van der Waals surface area contributed by atoms with Crippen molar-refractivity contribution in [2.24, 2.45) is 0 Å². The molecular weight excluding hydrogens is 384 g/mol. The quantitative estimate of drug-likeness (QED) is 0.503. The van der Waals surface area contributed by atoms with Gasteiger partial charge in [0.1, 0.15) is 31.2 Å². The van der Waals surface area contributed by atoms with Gasteiger partial charge in [0.05, 0.1) is 6.33 Å². The third-order valence-electron chi connectivity index (χ3n) is 5.50. The number of hydrogen-bond donors (Lipinski definition) is 1. The normalized spacial score (nSPS) is 27.5. The standard InChI is InChI=1S/C17H24N6O6/c1-26-13-11(7-28-23(24)25)29-17(14(13)27-2)22-9-20-12-15(18-8-19-16(12)22)21-10-5-3-4-6-10/h8-11,13-14,17H,3-7H2,1-2H3,(H,18,19,21)/t11-,13-,14-,17-/m1/s1. The van der Waals surface area contributed by atoms with Gasteiger partial charge in [0, 0.05) is 20.3 Å². The Morgan fingerprint density at radius 1 is 1.24 bits per heavy atom. The molecule has 12 nitrogen and oxygen atoms in total. The maximum absolute atomic E-state index is 10.6. The van der Waals surface area contributed by atoms with Gasteiger partial charge in [0.25, 0.3) is 5.09 Å². The molecule has 1 saturated heterocycles. The average molecular weight is 408 g/mol. The van der Waals surface area contributed by atoms with Gasteiger partial charge in [-0.05, 0) is 12.8 Å². The number of imidazole rings is 1. The molecule has 3 heterocycles. The van der Waals surface area contributed by atoms with Crippen LogP contribution < -0.4 is 5.32 Å². The molecule has 0 amide bonds. The molecular formula is C17H24N6O6. The van der Waals surface area contributed by atoms with Gasteiger partial charge in [-0.2, -0.15) is 0 Å². The number of anilines is 1. The molecule has 0 aromatic carbocycles. The summed E-state index contributed by atoms with van der Waals surface area (Å²) in [7, 11) is 3.03. The molecule has 2 aliphatic rings. The molecule has 0 bridgehead atoms. The lowest BCUT2D eigenvalue weighted by molar-refractivity contribution is -0.759. The number of nitrogens with one attached hydrogen (secondary N) is 1. The largest absolute Gasteiger partial charge is 0.376 e.